The standard InChI is InChI=1S/C22H19NO3/c23-14-15-9-11-16(12-10-15)18(22-19(24)7-4-8-20(22)25)13-21(26)17-5-2-1-3-6-17/h1-3,5-6,9-12,18,22H,4,7-8,13H2. The van der Waals surface area contributed by atoms with Crippen molar-refractivity contribution in [1.82, 2.24) is 0 Å². The number of rotatable bonds is 5. The van der Waals surface area contributed by atoms with E-state index in [1.165, 1.54) is 0 Å². The van der Waals surface area contributed by atoms with E-state index in [0.29, 0.717) is 30.4 Å². The van der Waals surface area contributed by atoms with Crippen molar-refractivity contribution in [3.63, 3.8) is 0 Å². The quantitative estimate of drug-likeness (QED) is 0.609. The molecule has 130 valence electrons. The molecule has 2 aromatic carbocycles. The average Bonchev–Trinajstić information content (AvgIpc) is 2.67. The van der Waals surface area contributed by atoms with E-state index in [2.05, 4.69) is 6.07 Å². The van der Waals surface area contributed by atoms with Gasteiger partial charge < -0.3 is 0 Å². The fourth-order valence-corrected chi connectivity index (χ4v) is 3.55. The smallest absolute Gasteiger partial charge is 0.163 e. The van der Waals surface area contributed by atoms with Crippen LogP contribution in [0.3, 0.4) is 0 Å². The van der Waals surface area contributed by atoms with E-state index in [4.69, 9.17) is 5.26 Å². The molecule has 3 rings (SSSR count). The van der Waals surface area contributed by atoms with E-state index >= 15 is 0 Å². The van der Waals surface area contributed by atoms with Crippen molar-refractivity contribution in [2.24, 2.45) is 5.92 Å². The molecule has 0 N–H and O–H groups in total. The monoisotopic (exact) mass is 345 g/mol. The Labute approximate surface area is 152 Å². The summed E-state index contributed by atoms with van der Waals surface area (Å²) in [7, 11) is 0. The van der Waals surface area contributed by atoms with Crippen LogP contribution in [-0.4, -0.2) is 17.3 Å². The van der Waals surface area contributed by atoms with Crippen molar-refractivity contribution in [3.8, 4) is 6.07 Å². The van der Waals surface area contributed by atoms with Crippen LogP contribution in [0.25, 0.3) is 0 Å². The van der Waals surface area contributed by atoms with Crippen LogP contribution in [0.4, 0.5) is 0 Å². The van der Waals surface area contributed by atoms with E-state index in [9.17, 15) is 14.4 Å². The third-order valence-corrected chi connectivity index (χ3v) is 4.91. The number of Topliss-reactive ketones (excluding diaryl/α,β-unsaturated/α-hetero) is 3. The summed E-state index contributed by atoms with van der Waals surface area (Å²) in [5, 5.41) is 8.98. The van der Waals surface area contributed by atoms with Gasteiger partial charge in [0.2, 0.25) is 0 Å². The molecule has 0 aliphatic heterocycles. The molecule has 26 heavy (non-hydrogen) atoms. The maximum atomic E-state index is 12.7. The Hall–Kier alpha value is -3.06. The molecule has 0 aromatic heterocycles. The van der Waals surface area contributed by atoms with Crippen LogP contribution in [-0.2, 0) is 9.59 Å². The van der Waals surface area contributed by atoms with Gasteiger partial charge in [-0.2, -0.15) is 5.26 Å². The maximum Gasteiger partial charge on any atom is 0.163 e. The molecule has 1 unspecified atom stereocenters. The van der Waals surface area contributed by atoms with Gasteiger partial charge in [0.25, 0.3) is 0 Å². The Morgan fingerprint density at radius 2 is 1.62 bits per heavy atom. The van der Waals surface area contributed by atoms with Gasteiger partial charge in [0.1, 0.15) is 11.6 Å². The first-order valence-corrected chi connectivity index (χ1v) is 8.74. The molecule has 0 bridgehead atoms. The van der Waals surface area contributed by atoms with Gasteiger partial charge in [0.05, 0.1) is 17.6 Å². The van der Waals surface area contributed by atoms with E-state index in [0.717, 1.165) is 5.56 Å². The van der Waals surface area contributed by atoms with E-state index in [1.54, 1.807) is 48.5 Å². The predicted molar refractivity (Wildman–Crippen MR) is 96.6 cm³/mol. The molecule has 1 aliphatic rings. The molecule has 1 saturated carbocycles. The van der Waals surface area contributed by atoms with Crippen LogP contribution < -0.4 is 0 Å². The Kier molecular flexibility index (Phi) is 5.38. The van der Waals surface area contributed by atoms with E-state index in [-0.39, 0.29) is 23.8 Å². The first-order valence-electron chi connectivity index (χ1n) is 8.74. The zero-order chi connectivity index (χ0) is 18.5. The van der Waals surface area contributed by atoms with Crippen LogP contribution in [0, 0.1) is 17.2 Å². The fourth-order valence-electron chi connectivity index (χ4n) is 3.55. The lowest BCUT2D eigenvalue weighted by atomic mass is 9.72. The molecule has 1 fully saturated rings. The highest BCUT2D eigenvalue weighted by molar-refractivity contribution is 6.06. The highest BCUT2D eigenvalue weighted by Gasteiger charge is 2.38. The van der Waals surface area contributed by atoms with Crippen LogP contribution in [0.15, 0.2) is 54.6 Å². The Bertz CT molecular complexity index is 847. The summed E-state index contributed by atoms with van der Waals surface area (Å²) in [6, 6.07) is 17.8. The third kappa shape index (κ3) is 3.78. The summed E-state index contributed by atoms with van der Waals surface area (Å²) in [5.41, 5.74) is 1.83. The third-order valence-electron chi connectivity index (χ3n) is 4.91. The van der Waals surface area contributed by atoms with Crippen LogP contribution in [0.1, 0.15) is 53.1 Å². The summed E-state index contributed by atoms with van der Waals surface area (Å²) < 4.78 is 0. The van der Waals surface area contributed by atoms with Crippen molar-refractivity contribution >= 4 is 17.3 Å². The van der Waals surface area contributed by atoms with Crippen molar-refractivity contribution in [2.45, 2.75) is 31.6 Å². The molecule has 0 spiro atoms. The van der Waals surface area contributed by atoms with E-state index < -0.39 is 11.8 Å². The Balaban J connectivity index is 1.95. The summed E-state index contributed by atoms with van der Waals surface area (Å²) in [4.78, 5) is 37.7. The molecule has 0 saturated heterocycles. The number of carbonyl (C=O) groups is 3. The number of ketones is 3. The van der Waals surface area contributed by atoms with Gasteiger partial charge in [0.15, 0.2) is 5.78 Å². The molecule has 2 aromatic rings. The van der Waals surface area contributed by atoms with Gasteiger partial charge >= 0.3 is 0 Å². The van der Waals surface area contributed by atoms with Crippen molar-refractivity contribution in [3.05, 3.63) is 71.3 Å². The van der Waals surface area contributed by atoms with Crippen LogP contribution in [0.2, 0.25) is 0 Å². The summed E-state index contributed by atoms with van der Waals surface area (Å²) in [5.74, 6) is -1.53. The fraction of sp³-hybridized carbons (Fsp3) is 0.273. The highest BCUT2D eigenvalue weighted by Crippen LogP contribution is 2.35. The summed E-state index contributed by atoms with van der Waals surface area (Å²) in [6.07, 6.45) is 1.43. The molecule has 4 nitrogen and oxygen atoms in total. The van der Waals surface area contributed by atoms with Gasteiger partial charge in [-0.3, -0.25) is 14.4 Å². The normalized spacial score (nSPS) is 16.1. The second kappa shape index (κ2) is 7.88. The second-order valence-electron chi connectivity index (χ2n) is 6.60. The zero-order valence-corrected chi connectivity index (χ0v) is 14.4. The first kappa shape index (κ1) is 17.8. The highest BCUT2D eigenvalue weighted by atomic mass is 16.2. The van der Waals surface area contributed by atoms with Crippen molar-refractivity contribution < 1.29 is 14.4 Å². The van der Waals surface area contributed by atoms with Crippen LogP contribution >= 0.6 is 0 Å². The number of nitrogens with zero attached hydrogens (tertiary/aromatic N) is 1. The van der Waals surface area contributed by atoms with Gasteiger partial charge in [-0.1, -0.05) is 42.5 Å². The lowest BCUT2D eigenvalue weighted by Crippen LogP contribution is -2.34. The largest absolute Gasteiger partial charge is 0.299 e. The van der Waals surface area contributed by atoms with E-state index in [1.807, 2.05) is 6.07 Å². The minimum absolute atomic E-state index is 0.0866. The molecular formula is C22H19NO3. The van der Waals surface area contributed by atoms with Gasteiger partial charge in [-0.25, -0.2) is 0 Å². The molecule has 0 radical (unpaired) electrons. The Morgan fingerprint density at radius 3 is 2.19 bits per heavy atom. The van der Waals surface area contributed by atoms with Crippen molar-refractivity contribution in [1.29, 1.82) is 5.26 Å². The van der Waals surface area contributed by atoms with Crippen LogP contribution in [0.5, 0.6) is 0 Å². The van der Waals surface area contributed by atoms with Gasteiger partial charge in [-0.15, -0.1) is 0 Å². The molecule has 0 amide bonds. The predicted octanol–water partition coefficient (Wildman–Crippen LogP) is 3.85. The minimum atomic E-state index is -0.774. The second-order valence-corrected chi connectivity index (χ2v) is 6.60. The molecule has 1 aliphatic carbocycles. The maximum absolute atomic E-state index is 12.7. The number of benzene rings is 2. The molecule has 4 heteroatoms. The Morgan fingerprint density at radius 1 is 1.00 bits per heavy atom. The number of hydrogen-bond donors (Lipinski definition) is 0. The zero-order valence-electron chi connectivity index (χ0n) is 14.4. The first-order chi connectivity index (χ1) is 12.6. The topological polar surface area (TPSA) is 75.0 Å². The average molecular weight is 345 g/mol. The number of carbonyl (C=O) groups excluding carboxylic acids is 3. The lowest BCUT2D eigenvalue weighted by Gasteiger charge is -2.28. The SMILES string of the molecule is N#Cc1ccc(C(CC(=O)c2ccccc2)C2C(=O)CCCC2=O)cc1. The number of nitriles is 1. The number of hydrogen-bond acceptors (Lipinski definition) is 4. The molecule has 0 heterocycles. The van der Waals surface area contributed by atoms with Gasteiger partial charge in [-0.05, 0) is 24.1 Å². The minimum Gasteiger partial charge on any atom is -0.299 e. The lowest BCUT2D eigenvalue weighted by molar-refractivity contribution is -0.136. The van der Waals surface area contributed by atoms with Crippen molar-refractivity contribution in [2.75, 3.05) is 0 Å². The molecule has 1 atom stereocenters. The summed E-state index contributed by atoms with van der Waals surface area (Å²) >= 11 is 0. The van der Waals surface area contributed by atoms with Gasteiger partial charge in [0, 0.05) is 30.7 Å². The summed E-state index contributed by atoms with van der Waals surface area (Å²) in [6.45, 7) is 0. The molecular weight excluding hydrogens is 326 g/mol.